The molecule has 1 aliphatic rings. The third-order valence-electron chi connectivity index (χ3n) is 25.9. The largest absolute Gasteiger partial charge is 0.207 e. The molecule has 21 aromatic rings. The Bertz CT molecular complexity index is 7100. The van der Waals surface area contributed by atoms with E-state index in [1.165, 1.54) is 192 Å². The SMILES string of the molecule is CC(C)(C)c1ccc([S+](c2ccc(C(C)(C)C)cc2)c2ccc(C(C)(C)C)cc2)cc1.Fc1ccc([S+](c2ccccc2)c2ccc(F)cc2)cc1.Fc1ccc([S+](c2ccccc2)c2ccccc2)cc1.c1ccc([S+](c2ccccc2)c2ccc(C3CCCCC3)cc2)cc1.c1ccc([S+](c2ccccc2)c2ccccc2)cc1.c1ccc2cc([S+](c3ccc4ccccc4c3)c3ccc4ccccc4c3)ccc2c1. The highest BCUT2D eigenvalue weighted by atomic mass is 32.2. The second-order valence-electron chi connectivity index (χ2n) is 39.5. The average molecular weight is 2030 g/mol. The first-order chi connectivity index (χ1) is 71.6. The first kappa shape index (κ1) is 105. The fourth-order valence-electron chi connectivity index (χ4n) is 18.1. The van der Waals surface area contributed by atoms with Gasteiger partial charge in [0.1, 0.15) is 17.5 Å². The standard InChI is InChI=1S/C30H21S.C30H39S.C24H25S.C18H13F2S.C18H14FS.C18H15S/c1-4-10-25-19-28(16-13-22(25)7-1)31(29-17-14-23-8-2-5-11-26(23)20-29)30-18-15-24-9-3-6-12-27(24)21-30;1-28(2,3)22-10-16-25(17-11-22)31(26-18-12-23(13-19-26)29(4,5)6)27-20-14-24(15-21-27)30(7,8)9;1-4-10-20(11-5-1)21-16-18-24(19-17-21)25(22-12-6-2-7-13-22)23-14-8-3-9-15-23;19-14-6-10-17(11-7-14)21(16-4-2-1-3-5-16)18-12-8-15(20)9-13-18;19-15-11-13-18(14-12-15)20(16-7-3-1-4-8-16)17-9-5-2-6-10-17;1-4-10-16(11-5-1)19(17-12-6-2-7-13-17)18-14-8-3-9-15-18/h1-21H;10-21H,1-9H3;2-3,6-9,12-20H,1,4-5,10-11H2;1-13H;1-14H;1-15H/q6*+1. The molecule has 0 spiro atoms. The van der Waals surface area contributed by atoms with Gasteiger partial charge in [0.05, 0.1) is 65.4 Å². The van der Waals surface area contributed by atoms with Crippen molar-refractivity contribution >= 4 is 97.7 Å². The fraction of sp³-hybridized carbons (Fsp3) is 0.130. The smallest absolute Gasteiger partial charge is 0.167 e. The van der Waals surface area contributed by atoms with E-state index < -0.39 is 0 Å². The van der Waals surface area contributed by atoms with Crippen molar-refractivity contribution in [1.29, 1.82) is 0 Å². The van der Waals surface area contributed by atoms with Gasteiger partial charge in [0.25, 0.3) is 0 Å². The maximum Gasteiger partial charge on any atom is 0.167 e. The first-order valence-electron chi connectivity index (χ1n) is 50.6. The van der Waals surface area contributed by atoms with Gasteiger partial charge in [0.2, 0.25) is 0 Å². The van der Waals surface area contributed by atoms with Crippen LogP contribution in [0.1, 0.15) is 123 Å². The number of rotatable bonds is 19. The Labute approximate surface area is 887 Å². The highest BCUT2D eigenvalue weighted by molar-refractivity contribution is 7.98. The van der Waals surface area contributed by atoms with E-state index in [4.69, 9.17) is 0 Å². The molecule has 22 rings (SSSR count). The number of hydrogen-bond donors (Lipinski definition) is 0. The maximum absolute atomic E-state index is 13.2. The summed E-state index contributed by atoms with van der Waals surface area (Å²) in [6, 6.07) is 188. The molecule has 0 radical (unpaired) electrons. The van der Waals surface area contributed by atoms with Crippen LogP contribution in [-0.4, -0.2) is 0 Å². The molecule has 1 saturated carbocycles. The van der Waals surface area contributed by atoms with Crippen molar-refractivity contribution in [2.75, 3.05) is 0 Å². The number of hydrogen-bond acceptors (Lipinski definition) is 0. The zero-order chi connectivity index (χ0) is 102. The Hall–Kier alpha value is -13.7. The van der Waals surface area contributed by atoms with Gasteiger partial charge in [0, 0.05) is 18.2 Å². The normalized spacial score (nSPS) is 12.1. The maximum atomic E-state index is 13.2. The molecule has 1 fully saturated rings. The molecular formula is C138H127F3S6+6. The molecule has 0 aromatic heterocycles. The van der Waals surface area contributed by atoms with E-state index in [0.717, 1.165) is 25.5 Å². The Morgan fingerprint density at radius 2 is 0.313 bits per heavy atom. The molecule has 0 heterocycles. The lowest BCUT2D eigenvalue weighted by Crippen LogP contribution is -2.13. The van der Waals surface area contributed by atoms with E-state index >= 15 is 0 Å². The van der Waals surface area contributed by atoms with Gasteiger partial charge in [0.15, 0.2) is 88.1 Å². The van der Waals surface area contributed by atoms with Gasteiger partial charge in [-0.25, -0.2) is 13.2 Å². The lowest BCUT2D eigenvalue weighted by molar-refractivity contribution is 0.443. The summed E-state index contributed by atoms with van der Waals surface area (Å²) < 4.78 is 39.5. The molecular weight excluding hydrogens is 1910 g/mol. The van der Waals surface area contributed by atoms with Crippen molar-refractivity contribution in [2.24, 2.45) is 0 Å². The van der Waals surface area contributed by atoms with Crippen molar-refractivity contribution in [3.05, 3.63) is 580 Å². The first-order valence-corrected chi connectivity index (χ1v) is 57.9. The molecule has 0 amide bonds. The van der Waals surface area contributed by atoms with Gasteiger partial charge >= 0.3 is 0 Å². The molecule has 9 heteroatoms. The van der Waals surface area contributed by atoms with Crippen LogP contribution in [0.3, 0.4) is 0 Å². The van der Waals surface area contributed by atoms with Crippen LogP contribution in [0.2, 0.25) is 0 Å². The van der Waals surface area contributed by atoms with Crippen LogP contribution in [0.15, 0.2) is 628 Å². The van der Waals surface area contributed by atoms with Crippen LogP contribution in [0, 0.1) is 17.5 Å². The Morgan fingerprint density at radius 3 is 0.510 bits per heavy atom. The van der Waals surface area contributed by atoms with Crippen molar-refractivity contribution in [3.63, 3.8) is 0 Å². The monoisotopic (exact) mass is 2030 g/mol. The van der Waals surface area contributed by atoms with Gasteiger partial charge in [-0.3, -0.25) is 0 Å². The summed E-state index contributed by atoms with van der Waals surface area (Å²) in [6.45, 7) is 20.5. The fourth-order valence-corrected chi connectivity index (χ4v) is 30.6. The van der Waals surface area contributed by atoms with Crippen molar-refractivity contribution < 1.29 is 13.2 Å². The van der Waals surface area contributed by atoms with Crippen LogP contribution >= 0.6 is 0 Å². The second-order valence-corrected chi connectivity index (χ2v) is 51.6. The molecule has 0 N–H and O–H groups in total. The summed E-state index contributed by atoms with van der Waals surface area (Å²) in [5, 5.41) is 7.72. The summed E-state index contributed by atoms with van der Waals surface area (Å²) in [4.78, 5) is 23.2. The number of halogens is 3. The summed E-state index contributed by atoms with van der Waals surface area (Å²) in [5.74, 6) is 0.0698. The predicted octanol–water partition coefficient (Wildman–Crippen LogP) is 38.5. The average Bonchev–Trinajstić information content (AvgIpc) is 0.781. The zero-order valence-corrected chi connectivity index (χ0v) is 90.0. The van der Waals surface area contributed by atoms with Gasteiger partial charge in [-0.15, -0.1) is 0 Å². The van der Waals surface area contributed by atoms with E-state index in [1.54, 1.807) is 24.3 Å². The molecule has 0 saturated heterocycles. The lowest BCUT2D eigenvalue weighted by Gasteiger charge is -2.22. The molecule has 730 valence electrons. The van der Waals surface area contributed by atoms with Crippen LogP contribution in [-0.2, 0) is 81.6 Å². The molecule has 0 unspecified atom stereocenters. The molecule has 1 aliphatic carbocycles. The number of fused-ring (bicyclic) bond motifs is 3. The van der Waals surface area contributed by atoms with Gasteiger partial charge in [-0.05, 0) is 344 Å². The number of benzene rings is 21. The Morgan fingerprint density at radius 1 is 0.156 bits per heavy atom. The lowest BCUT2D eigenvalue weighted by atomic mass is 9.84. The zero-order valence-electron chi connectivity index (χ0n) is 85.1. The van der Waals surface area contributed by atoms with E-state index in [0.29, 0.717) is 0 Å². The van der Waals surface area contributed by atoms with Crippen LogP contribution < -0.4 is 0 Å². The topological polar surface area (TPSA) is 0 Å². The van der Waals surface area contributed by atoms with Gasteiger partial charge in [-0.2, -0.15) is 0 Å². The molecule has 0 aliphatic heterocycles. The van der Waals surface area contributed by atoms with Crippen molar-refractivity contribution in [1.82, 2.24) is 0 Å². The van der Waals surface area contributed by atoms with Crippen molar-refractivity contribution in [2.45, 2.75) is 205 Å². The molecule has 0 bridgehead atoms. The van der Waals surface area contributed by atoms with Gasteiger partial charge < -0.3 is 0 Å². The molecule has 0 atom stereocenters. The highest BCUT2D eigenvalue weighted by Gasteiger charge is 2.37. The molecule has 0 nitrogen and oxygen atoms in total. The van der Waals surface area contributed by atoms with Crippen LogP contribution in [0.4, 0.5) is 13.2 Å². The third-order valence-corrected chi connectivity index (χ3v) is 39.2. The molecule has 147 heavy (non-hydrogen) atoms. The van der Waals surface area contributed by atoms with E-state index in [1.807, 2.05) is 78.9 Å². The minimum Gasteiger partial charge on any atom is -0.207 e. The second kappa shape index (κ2) is 50.6. The minimum atomic E-state index is -0.365. The Kier molecular flexibility index (Phi) is 36.0. The third kappa shape index (κ3) is 28.2. The van der Waals surface area contributed by atoms with Gasteiger partial charge in [-0.1, -0.05) is 348 Å². The highest BCUT2D eigenvalue weighted by Crippen LogP contribution is 2.43. The minimum absolute atomic E-state index is 0.0146. The Balaban J connectivity index is 0.000000122. The van der Waals surface area contributed by atoms with Crippen LogP contribution in [0.5, 0.6) is 0 Å². The summed E-state index contributed by atoms with van der Waals surface area (Å²) in [5.41, 5.74) is 6.18. The quantitative estimate of drug-likeness (QED) is 0.0708. The summed E-state index contributed by atoms with van der Waals surface area (Å²) in [6.07, 6.45) is 6.93. The van der Waals surface area contributed by atoms with Crippen molar-refractivity contribution in [3.8, 4) is 0 Å². The van der Waals surface area contributed by atoms with E-state index in [2.05, 4.69) is 463 Å². The summed E-state index contributed by atoms with van der Waals surface area (Å²) >= 11 is 0. The van der Waals surface area contributed by atoms with E-state index in [9.17, 15) is 13.2 Å². The predicted molar refractivity (Wildman–Crippen MR) is 623 cm³/mol. The molecule has 21 aromatic carbocycles. The van der Waals surface area contributed by atoms with Crippen LogP contribution in [0.25, 0.3) is 32.3 Å². The van der Waals surface area contributed by atoms with E-state index in [-0.39, 0.29) is 99.1 Å². The summed E-state index contributed by atoms with van der Waals surface area (Å²) in [7, 11) is -0.899.